The van der Waals surface area contributed by atoms with Gasteiger partial charge in [-0.3, -0.25) is 4.79 Å². The SMILES string of the molecule is Cc1cccc(NC(=O)COC(=O)c2cc(-c3ccccc3)nc3c(C)cccc23)c1C. The number of nitrogens with zero attached hydrogens (tertiary/aromatic N) is 1. The summed E-state index contributed by atoms with van der Waals surface area (Å²) < 4.78 is 5.39. The van der Waals surface area contributed by atoms with Crippen LogP contribution in [0, 0.1) is 20.8 Å². The van der Waals surface area contributed by atoms with Gasteiger partial charge in [-0.05, 0) is 49.6 Å². The molecule has 3 aromatic carbocycles. The lowest BCUT2D eigenvalue weighted by Crippen LogP contribution is -2.21. The molecule has 160 valence electrons. The number of aromatic nitrogens is 1. The highest BCUT2D eigenvalue weighted by atomic mass is 16.5. The first-order valence-electron chi connectivity index (χ1n) is 10.4. The van der Waals surface area contributed by atoms with E-state index in [1.54, 1.807) is 6.07 Å². The minimum atomic E-state index is -0.559. The number of carbonyl (C=O) groups is 2. The molecule has 0 aliphatic rings. The topological polar surface area (TPSA) is 68.3 Å². The van der Waals surface area contributed by atoms with E-state index in [0.717, 1.165) is 27.8 Å². The Balaban J connectivity index is 1.59. The normalized spacial score (nSPS) is 10.7. The van der Waals surface area contributed by atoms with Crippen LogP contribution in [0.2, 0.25) is 0 Å². The fourth-order valence-electron chi connectivity index (χ4n) is 3.60. The molecule has 0 saturated heterocycles. The van der Waals surface area contributed by atoms with Gasteiger partial charge in [-0.25, -0.2) is 9.78 Å². The third-order valence-electron chi connectivity index (χ3n) is 5.54. The minimum Gasteiger partial charge on any atom is -0.452 e. The fraction of sp³-hybridized carbons (Fsp3) is 0.148. The zero-order valence-electron chi connectivity index (χ0n) is 18.3. The van der Waals surface area contributed by atoms with Crippen molar-refractivity contribution < 1.29 is 14.3 Å². The van der Waals surface area contributed by atoms with Gasteiger partial charge >= 0.3 is 5.97 Å². The van der Waals surface area contributed by atoms with E-state index >= 15 is 0 Å². The Hall–Kier alpha value is -3.99. The van der Waals surface area contributed by atoms with E-state index in [-0.39, 0.29) is 12.5 Å². The molecule has 0 saturated carbocycles. The van der Waals surface area contributed by atoms with Crippen LogP contribution in [-0.2, 0) is 9.53 Å². The molecule has 32 heavy (non-hydrogen) atoms. The number of esters is 1. The van der Waals surface area contributed by atoms with Gasteiger partial charge < -0.3 is 10.1 Å². The predicted octanol–water partition coefficient (Wildman–Crippen LogP) is 5.62. The molecule has 1 aromatic heterocycles. The molecule has 4 aromatic rings. The highest BCUT2D eigenvalue weighted by Crippen LogP contribution is 2.27. The van der Waals surface area contributed by atoms with Crippen LogP contribution in [0.4, 0.5) is 5.69 Å². The van der Waals surface area contributed by atoms with Gasteiger partial charge in [-0.2, -0.15) is 0 Å². The Kier molecular flexibility index (Phi) is 5.99. The summed E-state index contributed by atoms with van der Waals surface area (Å²) >= 11 is 0. The average molecular weight is 425 g/mol. The lowest BCUT2D eigenvalue weighted by Gasteiger charge is -2.13. The number of nitrogens with one attached hydrogen (secondary N) is 1. The molecule has 5 nitrogen and oxygen atoms in total. The molecule has 4 rings (SSSR count). The van der Waals surface area contributed by atoms with Crippen LogP contribution in [0.1, 0.15) is 27.0 Å². The van der Waals surface area contributed by atoms with E-state index in [0.29, 0.717) is 22.3 Å². The molecule has 5 heteroatoms. The first-order chi connectivity index (χ1) is 15.4. The second-order valence-corrected chi connectivity index (χ2v) is 7.76. The van der Waals surface area contributed by atoms with E-state index in [9.17, 15) is 9.59 Å². The average Bonchev–Trinajstić information content (AvgIpc) is 2.81. The quantitative estimate of drug-likeness (QED) is 0.422. The number of rotatable bonds is 5. The fourth-order valence-corrected chi connectivity index (χ4v) is 3.60. The number of ether oxygens (including phenoxy) is 1. The lowest BCUT2D eigenvalue weighted by molar-refractivity contribution is -0.119. The zero-order valence-corrected chi connectivity index (χ0v) is 18.3. The number of carbonyl (C=O) groups excluding carboxylic acids is 2. The highest BCUT2D eigenvalue weighted by molar-refractivity contribution is 6.06. The molecule has 0 atom stereocenters. The van der Waals surface area contributed by atoms with Crippen LogP contribution in [0.5, 0.6) is 0 Å². The van der Waals surface area contributed by atoms with Crippen molar-refractivity contribution in [2.24, 2.45) is 0 Å². The summed E-state index contributed by atoms with van der Waals surface area (Å²) in [6.07, 6.45) is 0. The molecular weight excluding hydrogens is 400 g/mol. The molecule has 0 aliphatic carbocycles. The van der Waals surface area contributed by atoms with Gasteiger partial charge in [0.2, 0.25) is 0 Å². The molecule has 0 unspecified atom stereocenters. The van der Waals surface area contributed by atoms with Crippen molar-refractivity contribution in [1.29, 1.82) is 0 Å². The predicted molar refractivity (Wildman–Crippen MR) is 127 cm³/mol. The lowest BCUT2D eigenvalue weighted by atomic mass is 10.0. The van der Waals surface area contributed by atoms with Gasteiger partial charge in [-0.1, -0.05) is 60.7 Å². The number of hydrogen-bond acceptors (Lipinski definition) is 4. The highest BCUT2D eigenvalue weighted by Gasteiger charge is 2.18. The summed E-state index contributed by atoms with van der Waals surface area (Å²) in [4.78, 5) is 30.2. The summed E-state index contributed by atoms with van der Waals surface area (Å²) in [7, 11) is 0. The Morgan fingerprint density at radius 3 is 2.38 bits per heavy atom. The third-order valence-corrected chi connectivity index (χ3v) is 5.54. The maximum absolute atomic E-state index is 13.0. The maximum Gasteiger partial charge on any atom is 0.339 e. The first-order valence-corrected chi connectivity index (χ1v) is 10.4. The molecular formula is C27H24N2O3. The van der Waals surface area contributed by atoms with E-state index in [1.165, 1.54) is 0 Å². The van der Waals surface area contributed by atoms with E-state index in [1.807, 2.05) is 87.5 Å². The summed E-state index contributed by atoms with van der Waals surface area (Å²) in [6.45, 7) is 5.50. The molecule has 0 fully saturated rings. The van der Waals surface area contributed by atoms with E-state index in [4.69, 9.17) is 9.72 Å². The number of aryl methyl sites for hydroxylation is 2. The number of para-hydroxylation sites is 1. The van der Waals surface area contributed by atoms with Crippen molar-refractivity contribution in [3.63, 3.8) is 0 Å². The molecule has 1 heterocycles. The minimum absolute atomic E-state index is 0.373. The summed E-state index contributed by atoms with van der Waals surface area (Å²) in [5.41, 5.74) is 6.43. The number of fused-ring (bicyclic) bond motifs is 1. The smallest absolute Gasteiger partial charge is 0.339 e. The van der Waals surface area contributed by atoms with Gasteiger partial charge in [0.25, 0.3) is 5.91 Å². The third kappa shape index (κ3) is 4.37. The Morgan fingerprint density at radius 1 is 0.875 bits per heavy atom. The Bertz CT molecular complexity index is 1310. The van der Waals surface area contributed by atoms with Gasteiger partial charge in [0.05, 0.1) is 16.8 Å². The van der Waals surface area contributed by atoms with Crippen molar-refractivity contribution in [3.8, 4) is 11.3 Å². The molecule has 1 amide bonds. The first kappa shape index (κ1) is 21.2. The Morgan fingerprint density at radius 2 is 1.59 bits per heavy atom. The van der Waals surface area contributed by atoms with Gasteiger partial charge in [-0.15, -0.1) is 0 Å². The van der Waals surface area contributed by atoms with Crippen LogP contribution in [0.25, 0.3) is 22.2 Å². The van der Waals surface area contributed by atoms with Crippen LogP contribution in [0.15, 0.2) is 72.8 Å². The Labute approximate surface area is 187 Å². The largest absolute Gasteiger partial charge is 0.452 e. The summed E-state index contributed by atoms with van der Waals surface area (Å²) in [5.74, 6) is -0.943. The molecule has 0 spiro atoms. The molecule has 1 N–H and O–H groups in total. The van der Waals surface area contributed by atoms with Crippen LogP contribution in [-0.4, -0.2) is 23.5 Å². The molecule has 0 radical (unpaired) electrons. The van der Waals surface area contributed by atoms with Gasteiger partial charge in [0, 0.05) is 16.6 Å². The maximum atomic E-state index is 13.0. The number of amides is 1. The monoisotopic (exact) mass is 424 g/mol. The van der Waals surface area contributed by atoms with E-state index < -0.39 is 5.97 Å². The number of anilines is 1. The standard InChI is InChI=1S/C27H24N2O3/c1-17-9-8-14-23(19(17)3)28-25(30)16-32-27(31)22-15-24(20-11-5-4-6-12-20)29-26-18(2)10-7-13-21(22)26/h4-15H,16H2,1-3H3,(H,28,30). The molecule has 0 aliphatic heterocycles. The van der Waals surface area contributed by atoms with Crippen LogP contribution < -0.4 is 5.32 Å². The number of pyridine rings is 1. The number of hydrogen-bond donors (Lipinski definition) is 1. The van der Waals surface area contributed by atoms with Crippen molar-refractivity contribution in [2.75, 3.05) is 11.9 Å². The van der Waals surface area contributed by atoms with Crippen molar-refractivity contribution in [3.05, 3.63) is 95.1 Å². The zero-order chi connectivity index (χ0) is 22.7. The second-order valence-electron chi connectivity index (χ2n) is 7.76. The second kappa shape index (κ2) is 9.02. The van der Waals surface area contributed by atoms with Crippen molar-refractivity contribution >= 4 is 28.5 Å². The van der Waals surface area contributed by atoms with Gasteiger partial charge in [0.15, 0.2) is 6.61 Å². The van der Waals surface area contributed by atoms with Gasteiger partial charge in [0.1, 0.15) is 0 Å². The van der Waals surface area contributed by atoms with Crippen LogP contribution >= 0.6 is 0 Å². The van der Waals surface area contributed by atoms with Crippen molar-refractivity contribution in [1.82, 2.24) is 4.98 Å². The van der Waals surface area contributed by atoms with E-state index in [2.05, 4.69) is 5.32 Å². The molecule has 0 bridgehead atoms. The number of benzene rings is 3. The van der Waals surface area contributed by atoms with Crippen LogP contribution in [0.3, 0.4) is 0 Å². The van der Waals surface area contributed by atoms with Crippen molar-refractivity contribution in [2.45, 2.75) is 20.8 Å². The summed E-state index contributed by atoms with van der Waals surface area (Å²) in [6, 6.07) is 22.8. The summed E-state index contributed by atoms with van der Waals surface area (Å²) in [5, 5.41) is 3.51.